The summed E-state index contributed by atoms with van der Waals surface area (Å²) in [5.74, 6) is -0.913. The van der Waals surface area contributed by atoms with Gasteiger partial charge in [0.15, 0.2) is 11.6 Å². The van der Waals surface area contributed by atoms with Crippen LogP contribution in [0.5, 0.6) is 0 Å². The third-order valence-corrected chi connectivity index (χ3v) is 3.26. The van der Waals surface area contributed by atoms with Crippen LogP contribution in [0.1, 0.15) is 5.56 Å². The number of hydrogen-bond acceptors (Lipinski definition) is 3. The number of benzene rings is 2. The minimum atomic E-state index is -0.819. The minimum absolute atomic E-state index is 0.348. The van der Waals surface area contributed by atoms with E-state index in [9.17, 15) is 8.78 Å². The van der Waals surface area contributed by atoms with E-state index in [0.717, 1.165) is 17.0 Å². The Morgan fingerprint density at radius 3 is 2.71 bits per heavy atom. The summed E-state index contributed by atoms with van der Waals surface area (Å²) in [5.41, 5.74) is 1.19. The van der Waals surface area contributed by atoms with Crippen molar-refractivity contribution >= 4 is 16.7 Å². The molecule has 106 valence electrons. The van der Waals surface area contributed by atoms with Crippen LogP contribution >= 0.6 is 0 Å². The fourth-order valence-electron chi connectivity index (χ4n) is 2.20. The normalized spacial score (nSPS) is 10.8. The monoisotopic (exact) mass is 285 g/mol. The molecule has 0 aliphatic carbocycles. The van der Waals surface area contributed by atoms with E-state index in [1.54, 1.807) is 6.07 Å². The van der Waals surface area contributed by atoms with Gasteiger partial charge in [-0.15, -0.1) is 0 Å². The van der Waals surface area contributed by atoms with Crippen molar-refractivity contribution in [1.82, 2.24) is 9.97 Å². The molecule has 2 aromatic carbocycles. The molecule has 3 rings (SSSR count). The van der Waals surface area contributed by atoms with E-state index in [1.165, 1.54) is 12.4 Å². The zero-order valence-electron chi connectivity index (χ0n) is 11.2. The second-order valence-corrected chi connectivity index (χ2v) is 4.63. The van der Waals surface area contributed by atoms with Gasteiger partial charge in [-0.2, -0.15) is 0 Å². The largest absolute Gasteiger partial charge is 0.369 e. The van der Waals surface area contributed by atoms with Gasteiger partial charge >= 0.3 is 0 Å². The number of hydrogen-bond donors (Lipinski definition) is 1. The third-order valence-electron chi connectivity index (χ3n) is 3.26. The van der Waals surface area contributed by atoms with Crippen LogP contribution in [0, 0.1) is 11.6 Å². The Balaban J connectivity index is 1.74. The first-order valence-electron chi connectivity index (χ1n) is 6.62. The Labute approximate surface area is 120 Å². The molecule has 0 unspecified atom stereocenters. The quantitative estimate of drug-likeness (QED) is 0.796. The highest BCUT2D eigenvalue weighted by Crippen LogP contribution is 2.18. The molecular formula is C16H13F2N3. The van der Waals surface area contributed by atoms with Gasteiger partial charge in [0.2, 0.25) is 0 Å². The molecule has 3 nitrogen and oxygen atoms in total. The number of halogens is 2. The highest BCUT2D eigenvalue weighted by Gasteiger charge is 2.07. The molecule has 0 fully saturated rings. The van der Waals surface area contributed by atoms with Crippen molar-refractivity contribution in [2.24, 2.45) is 0 Å². The summed E-state index contributed by atoms with van der Waals surface area (Å²) < 4.78 is 26.7. The van der Waals surface area contributed by atoms with Gasteiger partial charge in [-0.05, 0) is 30.2 Å². The average molecular weight is 285 g/mol. The van der Waals surface area contributed by atoms with Crippen LogP contribution in [0.3, 0.4) is 0 Å². The number of anilines is 1. The van der Waals surface area contributed by atoms with Crippen LogP contribution in [-0.4, -0.2) is 16.5 Å². The lowest BCUT2D eigenvalue weighted by Crippen LogP contribution is -2.08. The molecular weight excluding hydrogens is 272 g/mol. The molecule has 0 saturated carbocycles. The van der Waals surface area contributed by atoms with Crippen molar-refractivity contribution in [3.05, 3.63) is 66.0 Å². The van der Waals surface area contributed by atoms with E-state index >= 15 is 0 Å². The predicted octanol–water partition coefficient (Wildman–Crippen LogP) is 3.56. The number of aromatic nitrogens is 2. The van der Waals surface area contributed by atoms with Crippen LogP contribution < -0.4 is 5.32 Å². The predicted molar refractivity (Wildman–Crippen MR) is 78.1 cm³/mol. The summed E-state index contributed by atoms with van der Waals surface area (Å²) in [5, 5.41) is 4.05. The van der Waals surface area contributed by atoms with Gasteiger partial charge in [0.1, 0.15) is 12.1 Å². The van der Waals surface area contributed by atoms with Crippen LogP contribution in [0.25, 0.3) is 10.9 Å². The van der Waals surface area contributed by atoms with Gasteiger partial charge in [0.05, 0.1) is 5.52 Å². The number of para-hydroxylation sites is 1. The molecule has 0 amide bonds. The Bertz CT molecular complexity index is 769. The van der Waals surface area contributed by atoms with Gasteiger partial charge < -0.3 is 5.32 Å². The molecule has 0 spiro atoms. The highest BCUT2D eigenvalue weighted by atomic mass is 19.2. The van der Waals surface area contributed by atoms with Crippen LogP contribution in [0.4, 0.5) is 14.6 Å². The number of fused-ring (bicyclic) bond motifs is 1. The molecule has 0 saturated heterocycles. The van der Waals surface area contributed by atoms with E-state index in [2.05, 4.69) is 15.3 Å². The first-order chi connectivity index (χ1) is 10.3. The Kier molecular flexibility index (Phi) is 3.73. The summed E-state index contributed by atoms with van der Waals surface area (Å²) in [7, 11) is 0. The van der Waals surface area contributed by atoms with E-state index < -0.39 is 11.6 Å². The van der Waals surface area contributed by atoms with Crippen molar-refractivity contribution in [1.29, 1.82) is 0 Å². The molecule has 0 radical (unpaired) electrons. The maximum atomic E-state index is 13.6. The molecule has 1 heterocycles. The maximum Gasteiger partial charge on any atom is 0.162 e. The van der Waals surface area contributed by atoms with Crippen molar-refractivity contribution < 1.29 is 8.78 Å². The van der Waals surface area contributed by atoms with Gasteiger partial charge in [0.25, 0.3) is 0 Å². The molecule has 0 bridgehead atoms. The smallest absolute Gasteiger partial charge is 0.162 e. The molecule has 1 N–H and O–H groups in total. The van der Waals surface area contributed by atoms with E-state index in [4.69, 9.17) is 0 Å². The summed E-state index contributed by atoms with van der Waals surface area (Å²) in [6.07, 6.45) is 1.86. The lowest BCUT2D eigenvalue weighted by Gasteiger charge is -2.08. The van der Waals surface area contributed by atoms with Gasteiger partial charge in [-0.3, -0.25) is 0 Å². The second kappa shape index (κ2) is 5.83. The minimum Gasteiger partial charge on any atom is -0.369 e. The van der Waals surface area contributed by atoms with Gasteiger partial charge in [0, 0.05) is 11.9 Å². The van der Waals surface area contributed by atoms with Crippen molar-refractivity contribution in [2.45, 2.75) is 6.42 Å². The molecule has 0 aliphatic rings. The van der Waals surface area contributed by atoms with Crippen LogP contribution in [-0.2, 0) is 6.42 Å². The molecule has 0 atom stereocenters. The lowest BCUT2D eigenvalue weighted by atomic mass is 10.1. The molecule has 5 heteroatoms. The Morgan fingerprint density at radius 2 is 1.81 bits per heavy atom. The first kappa shape index (κ1) is 13.4. The zero-order chi connectivity index (χ0) is 14.7. The zero-order valence-corrected chi connectivity index (χ0v) is 11.2. The first-order valence-corrected chi connectivity index (χ1v) is 6.62. The highest BCUT2D eigenvalue weighted by molar-refractivity contribution is 5.88. The number of rotatable bonds is 4. The fourth-order valence-corrected chi connectivity index (χ4v) is 2.20. The van der Waals surface area contributed by atoms with Crippen molar-refractivity contribution in [3.63, 3.8) is 0 Å². The molecule has 3 aromatic rings. The lowest BCUT2D eigenvalue weighted by molar-refractivity contribution is 0.499. The van der Waals surface area contributed by atoms with Gasteiger partial charge in [-0.1, -0.05) is 24.3 Å². The number of nitrogens with zero attached hydrogens (tertiary/aromatic N) is 2. The SMILES string of the molecule is Fc1cccc(CCNc2ncnc3ccccc23)c1F. The Morgan fingerprint density at radius 1 is 0.952 bits per heavy atom. The molecule has 0 aliphatic heterocycles. The van der Waals surface area contributed by atoms with Gasteiger partial charge in [-0.25, -0.2) is 18.7 Å². The third kappa shape index (κ3) is 2.81. The summed E-state index contributed by atoms with van der Waals surface area (Å²) in [4.78, 5) is 8.36. The van der Waals surface area contributed by atoms with Crippen molar-refractivity contribution in [2.75, 3.05) is 11.9 Å². The summed E-state index contributed by atoms with van der Waals surface area (Å²) >= 11 is 0. The Hall–Kier alpha value is -2.56. The molecule has 21 heavy (non-hydrogen) atoms. The fraction of sp³-hybridized carbons (Fsp3) is 0.125. The van der Waals surface area contributed by atoms with E-state index in [0.29, 0.717) is 24.3 Å². The second-order valence-electron chi connectivity index (χ2n) is 4.63. The number of nitrogens with one attached hydrogen (secondary N) is 1. The topological polar surface area (TPSA) is 37.8 Å². The van der Waals surface area contributed by atoms with Crippen LogP contribution in [0.15, 0.2) is 48.8 Å². The molecule has 1 aromatic heterocycles. The van der Waals surface area contributed by atoms with E-state index in [-0.39, 0.29) is 0 Å². The average Bonchev–Trinajstić information content (AvgIpc) is 2.52. The van der Waals surface area contributed by atoms with Crippen LogP contribution in [0.2, 0.25) is 0 Å². The summed E-state index contributed by atoms with van der Waals surface area (Å²) in [6.45, 7) is 0.460. The summed E-state index contributed by atoms with van der Waals surface area (Å²) in [6, 6.07) is 11.8. The maximum absolute atomic E-state index is 13.6. The van der Waals surface area contributed by atoms with E-state index in [1.807, 2.05) is 24.3 Å². The van der Waals surface area contributed by atoms with Crippen molar-refractivity contribution in [3.8, 4) is 0 Å². The standard InChI is InChI=1S/C16H13F2N3/c17-13-6-3-4-11(15(13)18)8-9-19-16-12-5-1-2-7-14(12)20-10-21-16/h1-7,10H,8-9H2,(H,19,20,21).